The Morgan fingerprint density at radius 3 is 2.00 bits per heavy atom. The van der Waals surface area contributed by atoms with Gasteiger partial charge in [0.1, 0.15) is 12.2 Å². The molecule has 4 heteroatoms. The molecule has 2 aromatic rings. The Kier molecular flexibility index (Phi) is 4.70. The molecular weight excluding hydrogens is 264 g/mol. The molecule has 0 N–H and O–H groups in total. The summed E-state index contributed by atoms with van der Waals surface area (Å²) in [7, 11) is 0. The lowest BCUT2D eigenvalue weighted by Crippen LogP contribution is -2.48. The van der Waals surface area contributed by atoms with Gasteiger partial charge >= 0.3 is 0 Å². The molecule has 0 amide bonds. The van der Waals surface area contributed by atoms with E-state index in [9.17, 15) is 10.1 Å². The van der Waals surface area contributed by atoms with E-state index < -0.39 is 0 Å². The zero-order chi connectivity index (χ0) is 15.3. The van der Waals surface area contributed by atoms with E-state index in [1.54, 1.807) is 12.1 Å². The lowest BCUT2D eigenvalue weighted by Gasteiger charge is -2.36. The molecule has 110 valence electrons. The smallest absolute Gasteiger partial charge is 0.269 e. The Balaban J connectivity index is 2.30. The first-order valence-corrected chi connectivity index (χ1v) is 7.26. The highest BCUT2D eigenvalue weighted by molar-refractivity contribution is 5.43. The molecule has 0 bridgehead atoms. The van der Waals surface area contributed by atoms with E-state index in [0.29, 0.717) is 0 Å². The van der Waals surface area contributed by atoms with Gasteiger partial charge in [-0.1, -0.05) is 18.2 Å². The fourth-order valence-corrected chi connectivity index (χ4v) is 2.72. The SMILES string of the molecule is CC[N+](CC)(Cc1ccc([N+](=O)[O-])cc1)c1ccccc1. The van der Waals surface area contributed by atoms with Crippen molar-refractivity contribution in [2.75, 3.05) is 13.1 Å². The fourth-order valence-electron chi connectivity index (χ4n) is 2.72. The Hall–Kier alpha value is -2.20. The largest absolute Gasteiger partial charge is 0.288 e. The highest BCUT2D eigenvalue weighted by atomic mass is 16.6. The van der Waals surface area contributed by atoms with E-state index in [1.165, 1.54) is 5.69 Å². The summed E-state index contributed by atoms with van der Waals surface area (Å²) in [5, 5.41) is 10.7. The number of hydrogen-bond acceptors (Lipinski definition) is 2. The van der Waals surface area contributed by atoms with Crippen LogP contribution in [0.3, 0.4) is 0 Å². The molecule has 4 nitrogen and oxygen atoms in total. The third kappa shape index (κ3) is 3.28. The van der Waals surface area contributed by atoms with Crippen molar-refractivity contribution < 1.29 is 4.92 Å². The van der Waals surface area contributed by atoms with Crippen molar-refractivity contribution in [1.29, 1.82) is 0 Å². The second-order valence-corrected chi connectivity index (χ2v) is 5.19. The number of nitro benzene ring substituents is 1. The Morgan fingerprint density at radius 2 is 1.52 bits per heavy atom. The number of nitro groups is 1. The van der Waals surface area contributed by atoms with E-state index in [2.05, 4.69) is 38.1 Å². The van der Waals surface area contributed by atoms with Crippen molar-refractivity contribution in [2.45, 2.75) is 20.4 Å². The zero-order valence-corrected chi connectivity index (χ0v) is 12.5. The number of hydrogen-bond donors (Lipinski definition) is 0. The van der Waals surface area contributed by atoms with Crippen LogP contribution in [-0.2, 0) is 6.54 Å². The Bertz CT molecular complexity index is 590. The van der Waals surface area contributed by atoms with E-state index in [-0.39, 0.29) is 10.6 Å². The highest BCUT2D eigenvalue weighted by Gasteiger charge is 2.26. The number of benzene rings is 2. The average Bonchev–Trinajstić information content (AvgIpc) is 2.54. The summed E-state index contributed by atoms with van der Waals surface area (Å²) in [5.41, 5.74) is 2.54. The fraction of sp³-hybridized carbons (Fsp3) is 0.294. The molecule has 0 radical (unpaired) electrons. The van der Waals surface area contributed by atoms with E-state index in [1.807, 2.05) is 18.2 Å². The quantitative estimate of drug-likeness (QED) is 0.455. The number of quaternary nitrogens is 1. The van der Waals surface area contributed by atoms with Gasteiger partial charge in [0.15, 0.2) is 0 Å². The van der Waals surface area contributed by atoms with Gasteiger partial charge in [0.25, 0.3) is 5.69 Å². The highest BCUT2D eigenvalue weighted by Crippen LogP contribution is 2.26. The monoisotopic (exact) mass is 285 g/mol. The van der Waals surface area contributed by atoms with Gasteiger partial charge < -0.3 is 0 Å². The summed E-state index contributed by atoms with van der Waals surface area (Å²) in [5.74, 6) is 0. The summed E-state index contributed by atoms with van der Waals surface area (Å²) in [6.45, 7) is 7.17. The molecule has 2 aromatic carbocycles. The van der Waals surface area contributed by atoms with Crippen molar-refractivity contribution in [2.24, 2.45) is 0 Å². The summed E-state index contributed by atoms with van der Waals surface area (Å²) in [6.07, 6.45) is 0. The maximum absolute atomic E-state index is 10.7. The topological polar surface area (TPSA) is 43.1 Å². The predicted octanol–water partition coefficient (Wildman–Crippen LogP) is 4.14. The number of nitrogens with zero attached hydrogens (tertiary/aromatic N) is 2. The molecule has 0 fully saturated rings. The molecule has 0 saturated heterocycles. The van der Waals surface area contributed by atoms with Crippen molar-refractivity contribution in [3.05, 3.63) is 70.3 Å². The van der Waals surface area contributed by atoms with Crippen molar-refractivity contribution in [3.63, 3.8) is 0 Å². The van der Waals surface area contributed by atoms with Gasteiger partial charge in [0.05, 0.1) is 18.0 Å². The zero-order valence-electron chi connectivity index (χ0n) is 12.5. The summed E-state index contributed by atoms with van der Waals surface area (Å²) in [6, 6.07) is 17.3. The van der Waals surface area contributed by atoms with Gasteiger partial charge in [0, 0.05) is 17.7 Å². The molecule has 0 saturated carbocycles. The number of non-ortho nitro benzene ring substituents is 1. The summed E-state index contributed by atoms with van der Waals surface area (Å²) >= 11 is 0. The number of para-hydroxylation sites is 1. The van der Waals surface area contributed by atoms with Crippen LogP contribution in [-0.4, -0.2) is 18.0 Å². The van der Waals surface area contributed by atoms with Crippen LogP contribution < -0.4 is 4.48 Å². The van der Waals surface area contributed by atoms with Crippen LogP contribution in [0.15, 0.2) is 54.6 Å². The molecular formula is C17H21N2O2+. The minimum Gasteiger partial charge on any atom is -0.288 e. The second-order valence-electron chi connectivity index (χ2n) is 5.19. The first kappa shape index (κ1) is 15.2. The third-order valence-corrected chi connectivity index (χ3v) is 4.15. The standard InChI is InChI=1S/C17H21N2O2/c1-3-19(4-2,17-8-6-5-7-9-17)14-15-10-12-16(13-11-15)18(20)21/h5-13H,3-4,14H2,1-2H3/q+1. The maximum Gasteiger partial charge on any atom is 0.269 e. The van der Waals surface area contributed by atoms with Crippen molar-refractivity contribution in [3.8, 4) is 0 Å². The van der Waals surface area contributed by atoms with Crippen LogP contribution in [0.2, 0.25) is 0 Å². The van der Waals surface area contributed by atoms with Crippen molar-refractivity contribution >= 4 is 11.4 Å². The van der Waals surface area contributed by atoms with Gasteiger partial charge in [-0.25, -0.2) is 0 Å². The Morgan fingerprint density at radius 1 is 0.952 bits per heavy atom. The van der Waals surface area contributed by atoms with Crippen molar-refractivity contribution in [1.82, 2.24) is 4.48 Å². The van der Waals surface area contributed by atoms with Crippen LogP contribution >= 0.6 is 0 Å². The van der Waals surface area contributed by atoms with Gasteiger partial charge in [0.2, 0.25) is 0 Å². The molecule has 0 spiro atoms. The first-order valence-electron chi connectivity index (χ1n) is 7.26. The van der Waals surface area contributed by atoms with Gasteiger partial charge in [-0.15, -0.1) is 0 Å². The minimum absolute atomic E-state index is 0.143. The van der Waals surface area contributed by atoms with Gasteiger partial charge in [-0.3, -0.25) is 14.6 Å². The van der Waals surface area contributed by atoms with E-state index in [4.69, 9.17) is 0 Å². The molecule has 0 aliphatic heterocycles. The lowest BCUT2D eigenvalue weighted by molar-refractivity contribution is -0.384. The lowest BCUT2D eigenvalue weighted by atomic mass is 10.1. The van der Waals surface area contributed by atoms with Crippen LogP contribution in [0.5, 0.6) is 0 Å². The van der Waals surface area contributed by atoms with E-state index in [0.717, 1.165) is 29.7 Å². The molecule has 0 unspecified atom stereocenters. The molecule has 0 heterocycles. The molecule has 0 aromatic heterocycles. The van der Waals surface area contributed by atoms with Crippen LogP contribution in [0.1, 0.15) is 19.4 Å². The van der Waals surface area contributed by atoms with Crippen LogP contribution in [0, 0.1) is 10.1 Å². The van der Waals surface area contributed by atoms with Gasteiger partial charge in [-0.05, 0) is 38.1 Å². The van der Waals surface area contributed by atoms with E-state index >= 15 is 0 Å². The normalized spacial score (nSPS) is 11.3. The first-order chi connectivity index (χ1) is 10.1. The molecule has 21 heavy (non-hydrogen) atoms. The van der Waals surface area contributed by atoms with Crippen LogP contribution in [0.4, 0.5) is 11.4 Å². The average molecular weight is 285 g/mol. The summed E-state index contributed by atoms with van der Waals surface area (Å²) < 4.78 is 0.846. The molecule has 0 aliphatic rings. The minimum atomic E-state index is -0.358. The molecule has 2 rings (SSSR count). The molecule has 0 atom stereocenters. The van der Waals surface area contributed by atoms with Crippen LogP contribution in [0.25, 0.3) is 0 Å². The second kappa shape index (κ2) is 6.50. The number of rotatable bonds is 6. The third-order valence-electron chi connectivity index (χ3n) is 4.15. The van der Waals surface area contributed by atoms with Gasteiger partial charge in [-0.2, -0.15) is 0 Å². The maximum atomic E-state index is 10.7. The molecule has 0 aliphatic carbocycles. The Labute approximate surface area is 125 Å². The summed E-state index contributed by atoms with van der Waals surface area (Å²) in [4.78, 5) is 10.4. The predicted molar refractivity (Wildman–Crippen MR) is 86.1 cm³/mol.